The van der Waals surface area contributed by atoms with E-state index in [9.17, 15) is 4.39 Å². The van der Waals surface area contributed by atoms with Gasteiger partial charge in [0.2, 0.25) is 0 Å². The summed E-state index contributed by atoms with van der Waals surface area (Å²) in [7, 11) is 0. The zero-order valence-electron chi connectivity index (χ0n) is 8.58. The molecule has 2 N–H and O–H groups in total. The zero-order valence-corrected chi connectivity index (χ0v) is 12.3. The molecular weight excluding hydrogens is 400 g/mol. The van der Waals surface area contributed by atoms with E-state index in [4.69, 9.17) is 10.5 Å². The van der Waals surface area contributed by atoms with Crippen molar-refractivity contribution in [1.82, 2.24) is 0 Å². The van der Waals surface area contributed by atoms with Crippen molar-refractivity contribution in [2.45, 2.75) is 0 Å². The summed E-state index contributed by atoms with van der Waals surface area (Å²) in [4.78, 5) is 0. The molecule has 0 aromatic heterocycles. The monoisotopic (exact) mass is 407 g/mol. The van der Waals surface area contributed by atoms with Crippen LogP contribution in [0.2, 0.25) is 0 Å². The smallest absolute Gasteiger partial charge is 0.151 e. The molecule has 88 valence electrons. The van der Waals surface area contributed by atoms with Crippen LogP contribution < -0.4 is 10.5 Å². The highest BCUT2D eigenvalue weighted by Crippen LogP contribution is 2.32. The summed E-state index contributed by atoms with van der Waals surface area (Å²) >= 11 is 5.30. The summed E-state index contributed by atoms with van der Waals surface area (Å²) in [5, 5.41) is 0. The summed E-state index contributed by atoms with van der Waals surface area (Å²) in [6.45, 7) is 0. The van der Waals surface area contributed by atoms with E-state index in [1.807, 2.05) is 24.3 Å². The molecular formula is C12H8BrFINO. The maximum Gasteiger partial charge on any atom is 0.151 e. The molecule has 0 amide bonds. The van der Waals surface area contributed by atoms with Crippen molar-refractivity contribution in [3.8, 4) is 11.5 Å². The molecule has 0 aliphatic rings. The standard InChI is InChI=1S/C12H8BrFINO/c13-9-5-12(11(16)6-10(9)14)17-8-3-1-7(15)2-4-8/h1-6H,16H2. The predicted octanol–water partition coefficient (Wildman–Crippen LogP) is 4.57. The number of rotatable bonds is 2. The van der Waals surface area contributed by atoms with Crippen LogP contribution in [-0.4, -0.2) is 0 Å². The van der Waals surface area contributed by atoms with Crippen molar-refractivity contribution in [3.05, 3.63) is 50.3 Å². The second-order valence-electron chi connectivity index (χ2n) is 3.36. The quantitative estimate of drug-likeness (QED) is 0.584. The maximum atomic E-state index is 13.2. The van der Waals surface area contributed by atoms with Gasteiger partial charge in [0, 0.05) is 15.7 Å². The summed E-state index contributed by atoms with van der Waals surface area (Å²) in [5.74, 6) is 0.688. The SMILES string of the molecule is Nc1cc(F)c(Br)cc1Oc1ccc(I)cc1. The lowest BCUT2D eigenvalue weighted by atomic mass is 10.3. The van der Waals surface area contributed by atoms with Gasteiger partial charge in [-0.1, -0.05) is 0 Å². The number of anilines is 1. The molecule has 0 saturated carbocycles. The highest BCUT2D eigenvalue weighted by molar-refractivity contribution is 14.1. The van der Waals surface area contributed by atoms with E-state index in [-0.39, 0.29) is 5.69 Å². The van der Waals surface area contributed by atoms with Crippen LogP contribution in [0.5, 0.6) is 11.5 Å². The van der Waals surface area contributed by atoms with E-state index in [2.05, 4.69) is 38.5 Å². The maximum absolute atomic E-state index is 13.2. The number of hydrogen-bond acceptors (Lipinski definition) is 2. The van der Waals surface area contributed by atoms with Gasteiger partial charge in [-0.3, -0.25) is 0 Å². The van der Waals surface area contributed by atoms with Gasteiger partial charge < -0.3 is 10.5 Å². The van der Waals surface area contributed by atoms with Gasteiger partial charge >= 0.3 is 0 Å². The Morgan fingerprint density at radius 3 is 2.47 bits per heavy atom. The van der Waals surface area contributed by atoms with E-state index in [1.165, 1.54) is 12.1 Å². The number of benzene rings is 2. The molecule has 0 unspecified atom stereocenters. The molecule has 0 spiro atoms. The summed E-state index contributed by atoms with van der Waals surface area (Å²) in [6, 6.07) is 10.3. The molecule has 2 nitrogen and oxygen atoms in total. The summed E-state index contributed by atoms with van der Waals surface area (Å²) < 4.78 is 20.2. The molecule has 0 fully saturated rings. The summed E-state index contributed by atoms with van der Waals surface area (Å²) in [5.41, 5.74) is 5.95. The first kappa shape index (κ1) is 12.6. The number of hydrogen-bond donors (Lipinski definition) is 1. The van der Waals surface area contributed by atoms with Crippen LogP contribution in [0.15, 0.2) is 40.9 Å². The van der Waals surface area contributed by atoms with Crippen LogP contribution in [0.4, 0.5) is 10.1 Å². The van der Waals surface area contributed by atoms with Gasteiger partial charge in [-0.25, -0.2) is 4.39 Å². The fourth-order valence-electron chi connectivity index (χ4n) is 1.26. The fraction of sp³-hybridized carbons (Fsp3) is 0. The Labute approximate surface area is 120 Å². The van der Waals surface area contributed by atoms with E-state index >= 15 is 0 Å². The molecule has 0 heterocycles. The molecule has 0 aliphatic heterocycles. The Balaban J connectivity index is 2.30. The second-order valence-corrected chi connectivity index (χ2v) is 5.46. The van der Waals surface area contributed by atoms with Gasteiger partial charge in [0.15, 0.2) is 5.75 Å². The third-order valence-corrected chi connectivity index (χ3v) is 3.42. The molecule has 2 aromatic carbocycles. The van der Waals surface area contributed by atoms with Crippen LogP contribution in [0.1, 0.15) is 0 Å². The molecule has 0 radical (unpaired) electrons. The molecule has 0 saturated heterocycles. The Bertz CT molecular complexity index is 545. The Hall–Kier alpha value is -0.820. The number of ether oxygens (including phenoxy) is 1. The van der Waals surface area contributed by atoms with Crippen molar-refractivity contribution in [2.24, 2.45) is 0 Å². The second kappa shape index (κ2) is 5.22. The van der Waals surface area contributed by atoms with Crippen molar-refractivity contribution in [3.63, 3.8) is 0 Å². The average molecular weight is 408 g/mol. The predicted molar refractivity (Wildman–Crippen MR) is 77.7 cm³/mol. The van der Waals surface area contributed by atoms with Crippen molar-refractivity contribution in [2.75, 3.05) is 5.73 Å². The van der Waals surface area contributed by atoms with Crippen molar-refractivity contribution >= 4 is 44.2 Å². The van der Waals surface area contributed by atoms with Crippen LogP contribution in [0, 0.1) is 9.39 Å². The van der Waals surface area contributed by atoms with E-state index in [0.29, 0.717) is 16.0 Å². The van der Waals surface area contributed by atoms with E-state index < -0.39 is 5.82 Å². The van der Waals surface area contributed by atoms with Crippen molar-refractivity contribution < 1.29 is 9.13 Å². The number of halogens is 3. The fourth-order valence-corrected chi connectivity index (χ4v) is 1.94. The van der Waals surface area contributed by atoms with Gasteiger partial charge in [0.05, 0.1) is 10.2 Å². The van der Waals surface area contributed by atoms with Crippen LogP contribution in [-0.2, 0) is 0 Å². The molecule has 17 heavy (non-hydrogen) atoms. The minimum atomic E-state index is -0.405. The molecule has 5 heteroatoms. The van der Waals surface area contributed by atoms with Gasteiger partial charge in [-0.15, -0.1) is 0 Å². The van der Waals surface area contributed by atoms with E-state index in [0.717, 1.165) is 3.57 Å². The highest BCUT2D eigenvalue weighted by atomic mass is 127. The Kier molecular flexibility index (Phi) is 3.88. The Morgan fingerprint density at radius 1 is 1.18 bits per heavy atom. The van der Waals surface area contributed by atoms with E-state index in [1.54, 1.807) is 0 Å². The molecule has 2 rings (SSSR count). The van der Waals surface area contributed by atoms with Gasteiger partial charge in [-0.05, 0) is 62.8 Å². The first-order chi connectivity index (χ1) is 8.06. The van der Waals surface area contributed by atoms with Crippen LogP contribution in [0.3, 0.4) is 0 Å². The Morgan fingerprint density at radius 2 is 1.82 bits per heavy atom. The van der Waals surface area contributed by atoms with Gasteiger partial charge in [0.1, 0.15) is 11.6 Å². The number of nitrogens with two attached hydrogens (primary N) is 1. The molecule has 2 aromatic rings. The third-order valence-electron chi connectivity index (χ3n) is 2.09. The van der Waals surface area contributed by atoms with Crippen molar-refractivity contribution in [1.29, 1.82) is 0 Å². The average Bonchev–Trinajstić information content (AvgIpc) is 2.29. The lowest BCUT2D eigenvalue weighted by Crippen LogP contribution is -1.94. The minimum absolute atomic E-state index is 0.268. The third kappa shape index (κ3) is 3.10. The zero-order chi connectivity index (χ0) is 12.4. The molecule has 0 bridgehead atoms. The topological polar surface area (TPSA) is 35.2 Å². The van der Waals surface area contributed by atoms with Gasteiger partial charge in [0.25, 0.3) is 0 Å². The normalized spacial score (nSPS) is 10.3. The summed E-state index contributed by atoms with van der Waals surface area (Å²) in [6.07, 6.45) is 0. The molecule has 0 aliphatic carbocycles. The first-order valence-corrected chi connectivity index (χ1v) is 6.61. The van der Waals surface area contributed by atoms with Gasteiger partial charge in [-0.2, -0.15) is 0 Å². The number of nitrogen functional groups attached to an aromatic ring is 1. The highest BCUT2D eigenvalue weighted by Gasteiger charge is 2.07. The largest absolute Gasteiger partial charge is 0.455 e. The molecule has 0 atom stereocenters. The van der Waals surface area contributed by atoms with Crippen LogP contribution >= 0.6 is 38.5 Å². The first-order valence-electron chi connectivity index (χ1n) is 4.74. The minimum Gasteiger partial charge on any atom is -0.455 e. The lowest BCUT2D eigenvalue weighted by Gasteiger charge is -2.09. The van der Waals surface area contributed by atoms with Crippen LogP contribution in [0.25, 0.3) is 0 Å². The lowest BCUT2D eigenvalue weighted by molar-refractivity contribution is 0.482.